The highest BCUT2D eigenvalue weighted by atomic mass is 16.7. The normalized spacial score (nSPS) is 16.5. The molecule has 0 saturated carbocycles. The molecule has 1 saturated heterocycles. The number of para-hydroxylation sites is 1. The number of aromatic nitrogens is 3. The Morgan fingerprint density at radius 3 is 2.69 bits per heavy atom. The molecule has 174 valence electrons. The van der Waals surface area contributed by atoms with Gasteiger partial charge in [0.05, 0.1) is 11.6 Å². The average Bonchev–Trinajstić information content (AvgIpc) is 3.64. The van der Waals surface area contributed by atoms with Crippen LogP contribution in [0.5, 0.6) is 11.5 Å². The summed E-state index contributed by atoms with van der Waals surface area (Å²) in [4.78, 5) is 32.1. The molecule has 35 heavy (non-hydrogen) atoms. The number of anilines is 2. The van der Waals surface area contributed by atoms with Gasteiger partial charge in [0.1, 0.15) is 0 Å². The van der Waals surface area contributed by atoms with Crippen LogP contribution in [0.25, 0.3) is 22.8 Å². The Kier molecular flexibility index (Phi) is 5.14. The fourth-order valence-corrected chi connectivity index (χ4v) is 4.32. The number of hydrogen-bond acceptors (Lipinski definition) is 6. The van der Waals surface area contributed by atoms with Crippen molar-refractivity contribution in [2.24, 2.45) is 5.92 Å². The zero-order valence-corrected chi connectivity index (χ0v) is 18.6. The zero-order valence-electron chi connectivity index (χ0n) is 18.6. The molecule has 2 aliphatic rings. The fourth-order valence-electron chi connectivity index (χ4n) is 4.32. The summed E-state index contributed by atoms with van der Waals surface area (Å²) in [6.07, 6.45) is 0.128. The number of nitrogens with one attached hydrogen (secondary N) is 2. The van der Waals surface area contributed by atoms with Crippen LogP contribution in [-0.2, 0) is 9.59 Å². The smallest absolute Gasteiger partial charge is 0.231 e. The van der Waals surface area contributed by atoms with Gasteiger partial charge in [-0.15, -0.1) is 0 Å². The van der Waals surface area contributed by atoms with E-state index in [1.165, 1.54) is 0 Å². The first-order valence-corrected chi connectivity index (χ1v) is 11.2. The number of carbonyl (C=O) groups excluding carboxylic acids is 2. The standard InChI is InChI=1S/C26H21N5O4/c32-23-12-17(14-31(23)18-10-11-21-22(13-18)35-15-34-21)26(33)27-20-9-5-4-8-19(20)25-28-24(29-30-25)16-6-2-1-3-7-16/h1-11,13,17H,12,14-15H2,(H,27,33)(H,28,29,30). The lowest BCUT2D eigenvalue weighted by molar-refractivity contribution is -0.122. The third-order valence-electron chi connectivity index (χ3n) is 6.12. The number of carbonyl (C=O) groups is 2. The number of rotatable bonds is 5. The van der Waals surface area contributed by atoms with E-state index in [4.69, 9.17) is 9.47 Å². The highest BCUT2D eigenvalue weighted by molar-refractivity contribution is 6.04. The van der Waals surface area contributed by atoms with E-state index in [-0.39, 0.29) is 31.6 Å². The van der Waals surface area contributed by atoms with Crippen LogP contribution in [0.4, 0.5) is 11.4 Å². The van der Waals surface area contributed by atoms with Crippen molar-refractivity contribution in [2.45, 2.75) is 6.42 Å². The number of benzene rings is 3. The molecule has 0 bridgehead atoms. The summed E-state index contributed by atoms with van der Waals surface area (Å²) in [7, 11) is 0. The van der Waals surface area contributed by atoms with E-state index in [9.17, 15) is 9.59 Å². The average molecular weight is 467 g/mol. The van der Waals surface area contributed by atoms with Crippen LogP contribution in [-0.4, -0.2) is 40.3 Å². The minimum absolute atomic E-state index is 0.111. The van der Waals surface area contributed by atoms with Crippen LogP contribution in [0, 0.1) is 5.92 Å². The van der Waals surface area contributed by atoms with Crippen molar-refractivity contribution in [1.29, 1.82) is 0 Å². The topological polar surface area (TPSA) is 109 Å². The minimum Gasteiger partial charge on any atom is -0.454 e. The Bertz CT molecular complexity index is 1420. The maximum atomic E-state index is 13.2. The van der Waals surface area contributed by atoms with Gasteiger partial charge >= 0.3 is 0 Å². The molecule has 1 atom stereocenters. The molecule has 3 aromatic carbocycles. The molecular weight excluding hydrogens is 446 g/mol. The molecule has 2 amide bonds. The first kappa shape index (κ1) is 20.9. The largest absolute Gasteiger partial charge is 0.454 e. The molecule has 0 spiro atoms. The Balaban J connectivity index is 1.19. The van der Waals surface area contributed by atoms with Crippen LogP contribution in [0.15, 0.2) is 72.8 Å². The van der Waals surface area contributed by atoms with Crippen molar-refractivity contribution >= 4 is 23.2 Å². The summed E-state index contributed by atoms with van der Waals surface area (Å²) in [6.45, 7) is 0.447. The third-order valence-corrected chi connectivity index (χ3v) is 6.12. The van der Waals surface area contributed by atoms with Crippen LogP contribution >= 0.6 is 0 Å². The summed E-state index contributed by atoms with van der Waals surface area (Å²) in [6, 6.07) is 22.4. The fraction of sp³-hybridized carbons (Fsp3) is 0.154. The molecule has 2 aliphatic heterocycles. The monoisotopic (exact) mass is 467 g/mol. The van der Waals surface area contributed by atoms with E-state index in [0.717, 1.165) is 5.56 Å². The second-order valence-corrected chi connectivity index (χ2v) is 8.35. The van der Waals surface area contributed by atoms with Gasteiger partial charge in [0.25, 0.3) is 0 Å². The van der Waals surface area contributed by atoms with E-state index >= 15 is 0 Å². The molecule has 1 unspecified atom stereocenters. The van der Waals surface area contributed by atoms with Gasteiger partial charge in [-0.25, -0.2) is 4.98 Å². The zero-order chi connectivity index (χ0) is 23.8. The van der Waals surface area contributed by atoms with E-state index in [1.807, 2.05) is 54.6 Å². The van der Waals surface area contributed by atoms with Gasteiger partial charge < -0.3 is 19.7 Å². The van der Waals surface area contributed by atoms with Crippen molar-refractivity contribution in [3.63, 3.8) is 0 Å². The van der Waals surface area contributed by atoms with Crippen LogP contribution in [0.1, 0.15) is 6.42 Å². The van der Waals surface area contributed by atoms with Gasteiger partial charge in [0.15, 0.2) is 23.1 Å². The second kappa shape index (κ2) is 8.60. The van der Waals surface area contributed by atoms with E-state index in [1.54, 1.807) is 23.1 Å². The Morgan fingerprint density at radius 1 is 1.00 bits per heavy atom. The first-order valence-electron chi connectivity index (χ1n) is 11.2. The number of aromatic amines is 1. The predicted octanol–water partition coefficient (Wildman–Crippen LogP) is 3.86. The Hall–Kier alpha value is -4.66. The quantitative estimate of drug-likeness (QED) is 0.461. The molecule has 9 nitrogen and oxygen atoms in total. The van der Waals surface area contributed by atoms with Crippen LogP contribution < -0.4 is 19.7 Å². The first-order chi connectivity index (χ1) is 17.2. The van der Waals surface area contributed by atoms with Gasteiger partial charge in [-0.3, -0.25) is 14.7 Å². The number of fused-ring (bicyclic) bond motifs is 1. The van der Waals surface area contributed by atoms with Crippen molar-refractivity contribution in [3.05, 3.63) is 72.8 Å². The lowest BCUT2D eigenvalue weighted by Gasteiger charge is -2.17. The summed E-state index contributed by atoms with van der Waals surface area (Å²) >= 11 is 0. The number of ether oxygens (including phenoxy) is 2. The second-order valence-electron chi connectivity index (χ2n) is 8.35. The van der Waals surface area contributed by atoms with Crippen molar-refractivity contribution in [1.82, 2.24) is 15.2 Å². The number of hydrogen-bond donors (Lipinski definition) is 2. The van der Waals surface area contributed by atoms with Gasteiger partial charge in [-0.2, -0.15) is 5.10 Å². The number of H-pyrrole nitrogens is 1. The van der Waals surface area contributed by atoms with Gasteiger partial charge in [0, 0.05) is 35.8 Å². The van der Waals surface area contributed by atoms with Crippen LogP contribution in [0.2, 0.25) is 0 Å². The van der Waals surface area contributed by atoms with E-state index in [2.05, 4.69) is 20.5 Å². The lowest BCUT2D eigenvalue weighted by Crippen LogP contribution is -2.28. The molecule has 1 fully saturated rings. The van der Waals surface area contributed by atoms with Gasteiger partial charge in [0.2, 0.25) is 18.6 Å². The van der Waals surface area contributed by atoms with Crippen LogP contribution in [0.3, 0.4) is 0 Å². The molecule has 0 aliphatic carbocycles. The maximum Gasteiger partial charge on any atom is 0.231 e. The summed E-state index contributed by atoms with van der Waals surface area (Å²) in [5, 5.41) is 10.3. The highest BCUT2D eigenvalue weighted by Gasteiger charge is 2.36. The summed E-state index contributed by atoms with van der Waals surface area (Å²) < 4.78 is 10.8. The van der Waals surface area contributed by atoms with E-state index < -0.39 is 5.92 Å². The van der Waals surface area contributed by atoms with Gasteiger partial charge in [-0.1, -0.05) is 42.5 Å². The lowest BCUT2D eigenvalue weighted by atomic mass is 10.1. The molecule has 9 heteroatoms. The molecule has 4 aromatic rings. The molecule has 1 aromatic heterocycles. The van der Waals surface area contributed by atoms with Gasteiger partial charge in [-0.05, 0) is 24.3 Å². The predicted molar refractivity (Wildman–Crippen MR) is 129 cm³/mol. The number of nitrogens with zero attached hydrogens (tertiary/aromatic N) is 3. The molecule has 6 rings (SSSR count). The minimum atomic E-state index is -0.490. The molecule has 3 heterocycles. The Labute approximate surface area is 200 Å². The maximum absolute atomic E-state index is 13.2. The summed E-state index contributed by atoms with van der Waals surface area (Å²) in [5.74, 6) is 1.53. The Morgan fingerprint density at radius 2 is 1.80 bits per heavy atom. The molecule has 0 radical (unpaired) electrons. The van der Waals surface area contributed by atoms with Crippen molar-refractivity contribution in [2.75, 3.05) is 23.6 Å². The highest BCUT2D eigenvalue weighted by Crippen LogP contribution is 2.37. The molecule has 2 N–H and O–H groups in total. The van der Waals surface area contributed by atoms with Crippen molar-refractivity contribution < 1.29 is 19.1 Å². The third kappa shape index (κ3) is 3.97. The summed E-state index contributed by atoms with van der Waals surface area (Å²) in [5.41, 5.74) is 2.89. The van der Waals surface area contributed by atoms with Crippen molar-refractivity contribution in [3.8, 4) is 34.3 Å². The number of amides is 2. The molecular formula is C26H21N5O4. The SMILES string of the molecule is O=C(Nc1ccccc1-c1nc(-c2ccccc2)n[nH]1)C1CC(=O)N(c2ccc3c(c2)OCO3)C1. The van der Waals surface area contributed by atoms with E-state index in [0.29, 0.717) is 40.1 Å².